The first kappa shape index (κ1) is 13.9. The van der Waals surface area contributed by atoms with E-state index in [2.05, 4.69) is 0 Å². The molecule has 2 atom stereocenters. The standard InChI is InChI=1S/C15H18FN3O2/c1-10-14(20)17(2)8-13-9-18(15(21)19(10)13)7-11-3-5-12(16)6-4-11/h3-6,10,13H,7-9H2,1-2H3/t10-,13-/m0/s1. The Balaban J connectivity index is 1.76. The van der Waals surface area contributed by atoms with Crippen LogP contribution in [-0.4, -0.2) is 58.9 Å². The fraction of sp³-hybridized carbons (Fsp3) is 0.467. The van der Waals surface area contributed by atoms with Crippen molar-refractivity contribution in [2.24, 2.45) is 0 Å². The summed E-state index contributed by atoms with van der Waals surface area (Å²) < 4.78 is 12.9. The molecule has 21 heavy (non-hydrogen) atoms. The van der Waals surface area contributed by atoms with Crippen molar-refractivity contribution in [3.63, 3.8) is 0 Å². The van der Waals surface area contributed by atoms with Crippen LogP contribution in [0.15, 0.2) is 24.3 Å². The minimum absolute atomic E-state index is 0.0248. The molecule has 2 aliphatic heterocycles. The maximum absolute atomic E-state index is 12.9. The summed E-state index contributed by atoms with van der Waals surface area (Å²) in [5.41, 5.74) is 0.886. The van der Waals surface area contributed by atoms with Gasteiger partial charge in [-0.05, 0) is 24.6 Å². The molecule has 0 unspecified atom stereocenters. The molecular formula is C15H18FN3O2. The normalized spacial score (nSPS) is 25.6. The Hall–Kier alpha value is -2.11. The average molecular weight is 291 g/mol. The lowest BCUT2D eigenvalue weighted by molar-refractivity contribution is -0.139. The van der Waals surface area contributed by atoms with Gasteiger partial charge in [0.1, 0.15) is 11.9 Å². The van der Waals surface area contributed by atoms with Crippen molar-refractivity contribution in [1.29, 1.82) is 0 Å². The zero-order valence-electron chi connectivity index (χ0n) is 12.1. The summed E-state index contributed by atoms with van der Waals surface area (Å²) in [6.45, 7) is 3.37. The Morgan fingerprint density at radius 3 is 2.52 bits per heavy atom. The lowest BCUT2D eigenvalue weighted by atomic mass is 10.1. The lowest BCUT2D eigenvalue weighted by Crippen LogP contribution is -2.58. The van der Waals surface area contributed by atoms with Crippen LogP contribution in [0.25, 0.3) is 0 Å². The fourth-order valence-corrected chi connectivity index (χ4v) is 3.15. The Kier molecular flexibility index (Phi) is 3.31. The highest BCUT2D eigenvalue weighted by atomic mass is 19.1. The van der Waals surface area contributed by atoms with E-state index in [1.165, 1.54) is 12.1 Å². The van der Waals surface area contributed by atoms with Crippen molar-refractivity contribution in [3.05, 3.63) is 35.6 Å². The summed E-state index contributed by atoms with van der Waals surface area (Å²) in [4.78, 5) is 29.5. The SMILES string of the molecule is C[C@H]1C(=O)N(C)C[C@H]2CN(Cc3ccc(F)cc3)C(=O)N21. The molecule has 2 fully saturated rings. The molecule has 112 valence electrons. The van der Waals surface area contributed by atoms with E-state index in [0.717, 1.165) is 5.56 Å². The van der Waals surface area contributed by atoms with Gasteiger partial charge < -0.3 is 14.7 Å². The molecule has 0 N–H and O–H groups in total. The summed E-state index contributed by atoms with van der Waals surface area (Å²) in [5, 5.41) is 0. The van der Waals surface area contributed by atoms with Crippen LogP contribution < -0.4 is 0 Å². The molecule has 3 amide bonds. The van der Waals surface area contributed by atoms with Crippen molar-refractivity contribution < 1.29 is 14.0 Å². The number of rotatable bonds is 2. The Morgan fingerprint density at radius 2 is 1.86 bits per heavy atom. The number of amides is 3. The van der Waals surface area contributed by atoms with E-state index in [1.807, 2.05) is 0 Å². The molecule has 5 nitrogen and oxygen atoms in total. The van der Waals surface area contributed by atoms with Crippen LogP contribution in [0.5, 0.6) is 0 Å². The average Bonchev–Trinajstić information content (AvgIpc) is 2.75. The Morgan fingerprint density at radius 1 is 1.19 bits per heavy atom. The van der Waals surface area contributed by atoms with Crippen molar-refractivity contribution in [2.45, 2.75) is 25.6 Å². The molecule has 0 bridgehead atoms. The monoisotopic (exact) mass is 291 g/mol. The van der Waals surface area contributed by atoms with E-state index in [9.17, 15) is 14.0 Å². The van der Waals surface area contributed by atoms with Crippen molar-refractivity contribution in [1.82, 2.24) is 14.7 Å². The number of nitrogens with zero attached hydrogens (tertiary/aromatic N) is 3. The molecule has 1 aromatic rings. The fourth-order valence-electron chi connectivity index (χ4n) is 3.15. The van der Waals surface area contributed by atoms with Gasteiger partial charge in [0.05, 0.1) is 6.04 Å². The molecule has 2 saturated heterocycles. The van der Waals surface area contributed by atoms with Crippen LogP contribution in [0.3, 0.4) is 0 Å². The van der Waals surface area contributed by atoms with Gasteiger partial charge >= 0.3 is 6.03 Å². The maximum atomic E-state index is 12.9. The van der Waals surface area contributed by atoms with E-state index in [0.29, 0.717) is 19.6 Å². The van der Waals surface area contributed by atoms with Gasteiger partial charge in [-0.3, -0.25) is 4.79 Å². The van der Waals surface area contributed by atoms with E-state index < -0.39 is 6.04 Å². The number of likely N-dealkylation sites (N-methyl/N-ethyl adjacent to an activating group) is 1. The zero-order chi connectivity index (χ0) is 15.1. The quantitative estimate of drug-likeness (QED) is 0.824. The minimum atomic E-state index is -0.417. The number of hydrogen-bond donors (Lipinski definition) is 0. The van der Waals surface area contributed by atoms with Gasteiger partial charge in [0.25, 0.3) is 0 Å². The van der Waals surface area contributed by atoms with Gasteiger partial charge in [0.2, 0.25) is 5.91 Å². The number of fused-ring (bicyclic) bond motifs is 1. The number of carbonyl (C=O) groups excluding carboxylic acids is 2. The van der Waals surface area contributed by atoms with Crippen LogP contribution in [0.1, 0.15) is 12.5 Å². The molecule has 2 aliphatic rings. The summed E-state index contributed by atoms with van der Waals surface area (Å²) in [6, 6.07) is 5.65. The number of hydrogen-bond acceptors (Lipinski definition) is 2. The molecule has 6 heteroatoms. The highest BCUT2D eigenvalue weighted by Crippen LogP contribution is 2.26. The minimum Gasteiger partial charge on any atom is -0.342 e. The van der Waals surface area contributed by atoms with Gasteiger partial charge in [-0.2, -0.15) is 0 Å². The third kappa shape index (κ3) is 2.34. The number of carbonyl (C=O) groups is 2. The van der Waals surface area contributed by atoms with Crippen LogP contribution in [0, 0.1) is 5.82 Å². The first-order valence-corrected chi connectivity index (χ1v) is 7.04. The predicted molar refractivity (Wildman–Crippen MR) is 74.9 cm³/mol. The van der Waals surface area contributed by atoms with E-state index in [1.54, 1.807) is 40.8 Å². The van der Waals surface area contributed by atoms with Gasteiger partial charge in [-0.15, -0.1) is 0 Å². The van der Waals surface area contributed by atoms with Crippen LogP contribution in [0.2, 0.25) is 0 Å². The van der Waals surface area contributed by atoms with Gasteiger partial charge in [-0.1, -0.05) is 12.1 Å². The third-order valence-electron chi connectivity index (χ3n) is 4.24. The van der Waals surface area contributed by atoms with E-state index in [-0.39, 0.29) is 23.8 Å². The number of benzene rings is 1. The summed E-state index contributed by atoms with van der Waals surface area (Å²) in [6.07, 6.45) is 0. The first-order valence-electron chi connectivity index (χ1n) is 7.04. The van der Waals surface area contributed by atoms with Crippen LogP contribution in [-0.2, 0) is 11.3 Å². The van der Waals surface area contributed by atoms with Crippen molar-refractivity contribution >= 4 is 11.9 Å². The smallest absolute Gasteiger partial charge is 0.321 e. The highest BCUT2D eigenvalue weighted by molar-refractivity contribution is 5.89. The van der Waals surface area contributed by atoms with Gasteiger partial charge in [-0.25, -0.2) is 9.18 Å². The molecule has 3 rings (SSSR count). The second-order valence-electron chi connectivity index (χ2n) is 5.75. The topological polar surface area (TPSA) is 43.9 Å². The lowest BCUT2D eigenvalue weighted by Gasteiger charge is -2.38. The first-order chi connectivity index (χ1) is 9.97. The number of piperazine rings is 1. The van der Waals surface area contributed by atoms with E-state index in [4.69, 9.17) is 0 Å². The maximum Gasteiger partial charge on any atom is 0.321 e. The zero-order valence-corrected chi connectivity index (χ0v) is 12.1. The molecule has 1 aromatic carbocycles. The molecule has 0 saturated carbocycles. The molecule has 0 spiro atoms. The number of urea groups is 1. The highest BCUT2D eigenvalue weighted by Gasteiger charge is 2.46. The Bertz CT molecular complexity index is 575. The van der Waals surface area contributed by atoms with Crippen molar-refractivity contribution in [3.8, 4) is 0 Å². The summed E-state index contributed by atoms with van der Waals surface area (Å²) in [5.74, 6) is -0.312. The van der Waals surface area contributed by atoms with Crippen LogP contribution >= 0.6 is 0 Å². The van der Waals surface area contributed by atoms with Crippen molar-refractivity contribution in [2.75, 3.05) is 20.1 Å². The predicted octanol–water partition coefficient (Wildman–Crippen LogP) is 1.29. The molecule has 0 aliphatic carbocycles. The molecule has 0 aromatic heterocycles. The van der Waals surface area contributed by atoms with Gasteiger partial charge in [0, 0.05) is 26.7 Å². The second kappa shape index (κ2) is 5.02. The molecule has 0 radical (unpaired) electrons. The second-order valence-corrected chi connectivity index (χ2v) is 5.75. The largest absolute Gasteiger partial charge is 0.342 e. The van der Waals surface area contributed by atoms with Gasteiger partial charge in [0.15, 0.2) is 0 Å². The number of halogens is 1. The summed E-state index contributed by atoms with van der Waals surface area (Å²) >= 11 is 0. The molecule has 2 heterocycles. The third-order valence-corrected chi connectivity index (χ3v) is 4.24. The van der Waals surface area contributed by atoms with Crippen LogP contribution in [0.4, 0.5) is 9.18 Å². The summed E-state index contributed by atoms with van der Waals surface area (Å²) in [7, 11) is 1.77. The molecular weight excluding hydrogens is 273 g/mol. The Labute approximate surface area is 122 Å². The van der Waals surface area contributed by atoms with E-state index >= 15 is 0 Å².